The van der Waals surface area contributed by atoms with E-state index in [0.717, 1.165) is 5.56 Å². The van der Waals surface area contributed by atoms with Gasteiger partial charge >= 0.3 is 12.1 Å². The van der Waals surface area contributed by atoms with Gasteiger partial charge in [-0.25, -0.2) is 4.79 Å². The van der Waals surface area contributed by atoms with Gasteiger partial charge in [-0.1, -0.05) is 12.1 Å². The summed E-state index contributed by atoms with van der Waals surface area (Å²) in [6, 6.07) is 7.15. The van der Waals surface area contributed by atoms with Crippen molar-refractivity contribution in [3.63, 3.8) is 0 Å². The molecule has 5 nitrogen and oxygen atoms in total. The molecule has 1 aliphatic carbocycles. The second kappa shape index (κ2) is 3.48. The zero-order chi connectivity index (χ0) is 12.0. The fourth-order valence-corrected chi connectivity index (χ4v) is 2.54. The van der Waals surface area contributed by atoms with Crippen molar-refractivity contribution in [2.24, 2.45) is 11.8 Å². The molecule has 88 valence electrons. The van der Waals surface area contributed by atoms with Gasteiger partial charge in [-0.15, -0.1) is 0 Å². The second-order valence-corrected chi connectivity index (χ2v) is 4.40. The van der Waals surface area contributed by atoms with Crippen molar-refractivity contribution in [1.29, 1.82) is 0 Å². The molecule has 0 aromatic heterocycles. The lowest BCUT2D eigenvalue weighted by molar-refractivity contribution is -0.141. The summed E-state index contributed by atoms with van der Waals surface area (Å²) in [7, 11) is 0. The number of carboxylic acid groups (broad SMARTS) is 1. The number of hydrogen-bond acceptors (Lipinski definition) is 3. The molecule has 3 rings (SSSR count). The Balaban J connectivity index is 1.74. The maximum Gasteiger partial charge on any atom is 0.409 e. The number of carbonyl (C=O) groups is 2. The molecule has 0 bridgehead atoms. The summed E-state index contributed by atoms with van der Waals surface area (Å²) in [6.07, 6.45) is -1.08. The summed E-state index contributed by atoms with van der Waals surface area (Å²) in [5, 5.41) is 10.8. The third-order valence-corrected chi connectivity index (χ3v) is 3.41. The van der Waals surface area contributed by atoms with Crippen molar-refractivity contribution >= 4 is 17.7 Å². The summed E-state index contributed by atoms with van der Waals surface area (Å²) in [5.74, 6) is 0.497. The molecule has 2 aliphatic rings. The number of benzene rings is 1. The highest BCUT2D eigenvalue weighted by Crippen LogP contribution is 2.58. The lowest BCUT2D eigenvalue weighted by Gasteiger charge is -2.06. The molecule has 1 heterocycles. The van der Waals surface area contributed by atoms with Gasteiger partial charge in [-0.05, 0) is 17.7 Å². The van der Waals surface area contributed by atoms with Crippen LogP contribution in [0.4, 0.5) is 10.5 Å². The van der Waals surface area contributed by atoms with E-state index in [1.54, 1.807) is 12.1 Å². The third-order valence-electron chi connectivity index (χ3n) is 3.41. The van der Waals surface area contributed by atoms with E-state index in [1.807, 2.05) is 12.1 Å². The fourth-order valence-electron chi connectivity index (χ4n) is 2.54. The average molecular weight is 233 g/mol. The topological polar surface area (TPSA) is 75.6 Å². The number of carbonyl (C=O) groups excluding carboxylic acids is 1. The molecule has 1 aliphatic heterocycles. The highest BCUT2D eigenvalue weighted by Gasteiger charge is 2.60. The summed E-state index contributed by atoms with van der Waals surface area (Å²) in [5.41, 5.74) is 1.61. The predicted molar refractivity (Wildman–Crippen MR) is 58.8 cm³/mol. The van der Waals surface area contributed by atoms with Gasteiger partial charge in [-0.2, -0.15) is 0 Å². The minimum atomic E-state index is -1.08. The molecule has 1 amide bonds. The lowest BCUT2D eigenvalue weighted by Crippen LogP contribution is -2.07. The summed E-state index contributed by atoms with van der Waals surface area (Å²) in [4.78, 5) is 21.7. The van der Waals surface area contributed by atoms with Gasteiger partial charge in [0.2, 0.25) is 0 Å². The Labute approximate surface area is 97.4 Å². The first-order chi connectivity index (χ1) is 8.16. The van der Waals surface area contributed by atoms with Gasteiger partial charge in [0, 0.05) is 17.5 Å². The molecule has 17 heavy (non-hydrogen) atoms. The Morgan fingerprint density at radius 2 is 2.00 bits per heavy atom. The SMILES string of the molecule is O=C(O)Nc1ccc(C2C3COC(=O)C32)cc1. The van der Waals surface area contributed by atoms with E-state index >= 15 is 0 Å². The smallest absolute Gasteiger partial charge is 0.409 e. The number of amides is 1. The van der Waals surface area contributed by atoms with Crippen molar-refractivity contribution in [3.05, 3.63) is 29.8 Å². The van der Waals surface area contributed by atoms with Crippen molar-refractivity contribution in [1.82, 2.24) is 0 Å². The molecule has 1 aromatic rings. The van der Waals surface area contributed by atoms with Crippen LogP contribution in [0.3, 0.4) is 0 Å². The number of hydrogen-bond donors (Lipinski definition) is 2. The minimum Gasteiger partial charge on any atom is -0.465 e. The van der Waals surface area contributed by atoms with Crippen LogP contribution in [0, 0.1) is 11.8 Å². The molecule has 3 atom stereocenters. The number of cyclic esters (lactones) is 1. The number of ether oxygens (including phenoxy) is 1. The molecule has 0 radical (unpaired) electrons. The van der Waals surface area contributed by atoms with E-state index in [1.165, 1.54) is 0 Å². The number of nitrogens with one attached hydrogen (secondary N) is 1. The molecule has 1 saturated carbocycles. The first-order valence-corrected chi connectivity index (χ1v) is 5.43. The molecular weight excluding hydrogens is 222 g/mol. The summed E-state index contributed by atoms with van der Waals surface area (Å²) >= 11 is 0. The van der Waals surface area contributed by atoms with Gasteiger partial charge in [0.05, 0.1) is 12.5 Å². The molecule has 3 unspecified atom stereocenters. The molecule has 2 N–H and O–H groups in total. The van der Waals surface area contributed by atoms with Crippen LogP contribution in [0.5, 0.6) is 0 Å². The van der Waals surface area contributed by atoms with Crippen LogP contribution < -0.4 is 5.32 Å². The predicted octanol–water partition coefficient (Wildman–Crippen LogP) is 1.66. The molecule has 5 heteroatoms. The monoisotopic (exact) mass is 233 g/mol. The van der Waals surface area contributed by atoms with Crippen LogP contribution in [0.25, 0.3) is 0 Å². The largest absolute Gasteiger partial charge is 0.465 e. The number of fused-ring (bicyclic) bond motifs is 1. The Bertz CT molecular complexity index is 482. The first kappa shape index (κ1) is 10.1. The molecular formula is C12H11NO4. The van der Waals surface area contributed by atoms with Crippen LogP contribution in [-0.4, -0.2) is 23.8 Å². The Morgan fingerprint density at radius 3 is 2.53 bits per heavy atom. The summed E-state index contributed by atoms with van der Waals surface area (Å²) in [6.45, 7) is 0.517. The van der Waals surface area contributed by atoms with E-state index in [4.69, 9.17) is 9.84 Å². The first-order valence-electron chi connectivity index (χ1n) is 5.43. The lowest BCUT2D eigenvalue weighted by atomic mass is 10.1. The highest BCUT2D eigenvalue weighted by atomic mass is 16.5. The van der Waals surface area contributed by atoms with Crippen molar-refractivity contribution in [2.75, 3.05) is 11.9 Å². The Hall–Kier alpha value is -2.04. The third kappa shape index (κ3) is 1.63. The van der Waals surface area contributed by atoms with E-state index in [9.17, 15) is 9.59 Å². The summed E-state index contributed by atoms with van der Waals surface area (Å²) < 4.78 is 4.91. The minimum absolute atomic E-state index is 0.0216. The molecule has 1 aromatic carbocycles. The van der Waals surface area contributed by atoms with Gasteiger partial charge in [0.15, 0.2) is 0 Å². The number of esters is 1. The highest BCUT2D eigenvalue weighted by molar-refractivity contribution is 5.83. The average Bonchev–Trinajstić information content (AvgIpc) is 2.89. The Morgan fingerprint density at radius 1 is 1.29 bits per heavy atom. The van der Waals surface area contributed by atoms with Crippen molar-refractivity contribution in [2.45, 2.75) is 5.92 Å². The van der Waals surface area contributed by atoms with Gasteiger partial charge < -0.3 is 9.84 Å². The molecule has 0 spiro atoms. The van der Waals surface area contributed by atoms with E-state index < -0.39 is 6.09 Å². The second-order valence-electron chi connectivity index (χ2n) is 4.40. The van der Waals surface area contributed by atoms with E-state index in [2.05, 4.69) is 5.32 Å². The van der Waals surface area contributed by atoms with Crippen LogP contribution in [0.2, 0.25) is 0 Å². The maximum absolute atomic E-state index is 11.3. The van der Waals surface area contributed by atoms with Gasteiger partial charge in [0.25, 0.3) is 0 Å². The zero-order valence-electron chi connectivity index (χ0n) is 8.92. The van der Waals surface area contributed by atoms with Crippen LogP contribution in [0.1, 0.15) is 11.5 Å². The zero-order valence-corrected chi connectivity index (χ0v) is 8.92. The van der Waals surface area contributed by atoms with E-state index in [-0.39, 0.29) is 17.8 Å². The van der Waals surface area contributed by atoms with E-state index in [0.29, 0.717) is 18.2 Å². The Kier molecular flexibility index (Phi) is 2.07. The number of rotatable bonds is 2. The van der Waals surface area contributed by atoms with Gasteiger partial charge in [0.1, 0.15) is 0 Å². The fraction of sp³-hybridized carbons (Fsp3) is 0.333. The quantitative estimate of drug-likeness (QED) is 0.762. The van der Waals surface area contributed by atoms with Crippen molar-refractivity contribution in [3.8, 4) is 0 Å². The van der Waals surface area contributed by atoms with Crippen LogP contribution >= 0.6 is 0 Å². The normalized spacial score (nSPS) is 29.4. The standard InChI is InChI=1S/C12H11NO4/c14-11-10-8(5-17-11)9(10)6-1-3-7(4-2-6)13-12(15)16/h1-4,8-10,13H,5H2,(H,15,16). The molecule has 1 saturated heterocycles. The van der Waals surface area contributed by atoms with Gasteiger partial charge in [-0.3, -0.25) is 10.1 Å². The number of anilines is 1. The molecule has 2 fully saturated rings. The van der Waals surface area contributed by atoms with Crippen LogP contribution in [-0.2, 0) is 9.53 Å². The maximum atomic E-state index is 11.3. The van der Waals surface area contributed by atoms with Crippen LogP contribution in [0.15, 0.2) is 24.3 Å². The van der Waals surface area contributed by atoms with Crippen molar-refractivity contribution < 1.29 is 19.4 Å².